The molecule has 0 aliphatic heterocycles. The van der Waals surface area contributed by atoms with Crippen LogP contribution in [0.4, 0.5) is 0 Å². The van der Waals surface area contributed by atoms with Gasteiger partial charge in [-0.25, -0.2) is 0 Å². The predicted molar refractivity (Wildman–Crippen MR) is 53.8 cm³/mol. The molecule has 0 amide bonds. The van der Waals surface area contributed by atoms with Gasteiger partial charge in [-0.15, -0.1) is 0 Å². The van der Waals surface area contributed by atoms with E-state index >= 15 is 0 Å². The van der Waals surface area contributed by atoms with Crippen molar-refractivity contribution in [1.82, 2.24) is 4.90 Å². The quantitative estimate of drug-likeness (QED) is 0.760. The van der Waals surface area contributed by atoms with E-state index in [0.29, 0.717) is 12.5 Å². The zero-order valence-electron chi connectivity index (χ0n) is 8.58. The molecule has 1 aromatic heterocycles. The van der Waals surface area contributed by atoms with E-state index in [9.17, 15) is 0 Å². The van der Waals surface area contributed by atoms with Crippen LogP contribution in [0.15, 0.2) is 16.5 Å². The topological polar surface area (TPSA) is 42.4 Å². The molecule has 1 heterocycles. The van der Waals surface area contributed by atoms with E-state index in [0.717, 1.165) is 18.1 Å². The summed E-state index contributed by atoms with van der Waals surface area (Å²) in [5.74, 6) is 2.25. The maximum atomic E-state index is 5.68. The zero-order valence-corrected chi connectivity index (χ0v) is 8.58. The van der Waals surface area contributed by atoms with Crippen molar-refractivity contribution < 1.29 is 4.42 Å². The summed E-state index contributed by atoms with van der Waals surface area (Å²) in [7, 11) is 4.08. The van der Waals surface area contributed by atoms with E-state index in [1.165, 1.54) is 0 Å². The Morgan fingerprint density at radius 1 is 1.46 bits per heavy atom. The Labute approximate surface area is 79.5 Å². The van der Waals surface area contributed by atoms with Crippen LogP contribution in [0.1, 0.15) is 17.4 Å². The largest absolute Gasteiger partial charge is 0.466 e. The molecule has 3 heteroatoms. The third kappa shape index (κ3) is 2.86. The fraction of sp³-hybridized carbons (Fsp3) is 0.600. The molecule has 3 nitrogen and oxygen atoms in total. The maximum Gasteiger partial charge on any atom is 0.109 e. The summed E-state index contributed by atoms with van der Waals surface area (Å²) in [6.45, 7) is 3.52. The minimum absolute atomic E-state index is 0.309. The number of furan rings is 1. The second-order valence-electron chi connectivity index (χ2n) is 3.64. The summed E-state index contributed by atoms with van der Waals surface area (Å²) < 4.78 is 5.53. The van der Waals surface area contributed by atoms with E-state index in [1.54, 1.807) is 0 Å². The molecule has 13 heavy (non-hydrogen) atoms. The van der Waals surface area contributed by atoms with Gasteiger partial charge in [0.2, 0.25) is 0 Å². The predicted octanol–water partition coefficient (Wildman–Crippen LogP) is 1.19. The fourth-order valence-electron chi connectivity index (χ4n) is 1.39. The lowest BCUT2D eigenvalue weighted by atomic mass is 10.1. The van der Waals surface area contributed by atoms with Gasteiger partial charge in [-0.2, -0.15) is 0 Å². The van der Waals surface area contributed by atoms with Gasteiger partial charge < -0.3 is 15.1 Å². The fourth-order valence-corrected chi connectivity index (χ4v) is 1.39. The number of hydrogen-bond acceptors (Lipinski definition) is 3. The maximum absolute atomic E-state index is 5.68. The van der Waals surface area contributed by atoms with Gasteiger partial charge in [-0.3, -0.25) is 0 Å². The molecule has 1 atom stereocenters. The van der Waals surface area contributed by atoms with Crippen LogP contribution in [-0.2, 0) is 0 Å². The van der Waals surface area contributed by atoms with Crippen molar-refractivity contribution >= 4 is 0 Å². The van der Waals surface area contributed by atoms with Crippen LogP contribution in [0, 0.1) is 6.92 Å². The van der Waals surface area contributed by atoms with E-state index in [1.807, 2.05) is 33.2 Å². The van der Waals surface area contributed by atoms with Gasteiger partial charge in [-0.05, 0) is 33.2 Å². The molecule has 1 rings (SSSR count). The normalized spacial score (nSPS) is 13.6. The van der Waals surface area contributed by atoms with Gasteiger partial charge in [0, 0.05) is 19.0 Å². The third-order valence-corrected chi connectivity index (χ3v) is 2.03. The standard InChI is InChI=1S/C10H18N2O/c1-8-4-5-10(13-8)9(6-11)7-12(2)3/h4-5,9H,6-7,11H2,1-3H3. The molecule has 2 N–H and O–H groups in total. The molecule has 0 fully saturated rings. The highest BCUT2D eigenvalue weighted by atomic mass is 16.3. The summed E-state index contributed by atoms with van der Waals surface area (Å²) in [4.78, 5) is 2.12. The molecule has 0 aliphatic rings. The van der Waals surface area contributed by atoms with Crippen LogP contribution in [0.3, 0.4) is 0 Å². The first-order valence-corrected chi connectivity index (χ1v) is 4.54. The smallest absolute Gasteiger partial charge is 0.109 e. The van der Waals surface area contributed by atoms with Crippen LogP contribution in [0.2, 0.25) is 0 Å². The molecule has 0 aliphatic carbocycles. The molecule has 0 bridgehead atoms. The first-order valence-electron chi connectivity index (χ1n) is 4.54. The van der Waals surface area contributed by atoms with Crippen molar-refractivity contribution in [3.63, 3.8) is 0 Å². The first kappa shape index (κ1) is 10.3. The van der Waals surface area contributed by atoms with Gasteiger partial charge in [-0.1, -0.05) is 0 Å². The lowest BCUT2D eigenvalue weighted by Gasteiger charge is -2.17. The first-order chi connectivity index (χ1) is 6.13. The van der Waals surface area contributed by atoms with Crippen molar-refractivity contribution in [2.75, 3.05) is 27.2 Å². The van der Waals surface area contributed by atoms with Gasteiger partial charge in [0.1, 0.15) is 11.5 Å². The molecule has 1 aromatic rings. The van der Waals surface area contributed by atoms with Gasteiger partial charge in [0.25, 0.3) is 0 Å². The lowest BCUT2D eigenvalue weighted by Crippen LogP contribution is -2.25. The SMILES string of the molecule is Cc1ccc(C(CN)CN(C)C)o1. The molecular weight excluding hydrogens is 164 g/mol. The van der Waals surface area contributed by atoms with E-state index in [4.69, 9.17) is 10.2 Å². The van der Waals surface area contributed by atoms with Crippen molar-refractivity contribution in [3.05, 3.63) is 23.7 Å². The number of nitrogens with two attached hydrogens (primary N) is 1. The van der Waals surface area contributed by atoms with Gasteiger partial charge >= 0.3 is 0 Å². The van der Waals surface area contributed by atoms with Crippen LogP contribution in [-0.4, -0.2) is 32.1 Å². The average Bonchev–Trinajstić information content (AvgIpc) is 2.47. The van der Waals surface area contributed by atoms with E-state index in [-0.39, 0.29) is 0 Å². The molecule has 0 saturated heterocycles. The number of rotatable bonds is 4. The Morgan fingerprint density at radius 3 is 2.54 bits per heavy atom. The molecule has 0 saturated carbocycles. The zero-order chi connectivity index (χ0) is 9.84. The number of hydrogen-bond donors (Lipinski definition) is 1. The summed E-state index contributed by atoms with van der Waals surface area (Å²) in [6.07, 6.45) is 0. The monoisotopic (exact) mass is 182 g/mol. The van der Waals surface area contributed by atoms with Crippen molar-refractivity contribution in [2.24, 2.45) is 5.73 Å². The summed E-state index contributed by atoms with van der Waals surface area (Å²) in [5.41, 5.74) is 5.68. The molecular formula is C10H18N2O. The Kier molecular flexibility index (Phi) is 3.51. The minimum Gasteiger partial charge on any atom is -0.466 e. The third-order valence-electron chi connectivity index (χ3n) is 2.03. The van der Waals surface area contributed by atoms with Crippen LogP contribution >= 0.6 is 0 Å². The number of likely N-dealkylation sites (N-methyl/N-ethyl adjacent to an activating group) is 1. The highest BCUT2D eigenvalue weighted by molar-refractivity contribution is 5.11. The van der Waals surface area contributed by atoms with Crippen molar-refractivity contribution in [3.8, 4) is 0 Å². The number of aryl methyl sites for hydroxylation is 1. The molecule has 1 unspecified atom stereocenters. The second kappa shape index (κ2) is 4.44. The highest BCUT2D eigenvalue weighted by Gasteiger charge is 2.13. The van der Waals surface area contributed by atoms with E-state index < -0.39 is 0 Å². The highest BCUT2D eigenvalue weighted by Crippen LogP contribution is 2.17. The summed E-state index contributed by atoms with van der Waals surface area (Å²) in [6, 6.07) is 3.99. The average molecular weight is 182 g/mol. The molecule has 74 valence electrons. The minimum atomic E-state index is 0.309. The Balaban J connectivity index is 2.66. The Bertz CT molecular complexity index is 255. The number of nitrogens with zero attached hydrogens (tertiary/aromatic N) is 1. The van der Waals surface area contributed by atoms with Crippen molar-refractivity contribution in [2.45, 2.75) is 12.8 Å². The Morgan fingerprint density at radius 2 is 2.15 bits per heavy atom. The molecule has 0 aromatic carbocycles. The van der Waals surface area contributed by atoms with Gasteiger partial charge in [0.15, 0.2) is 0 Å². The summed E-state index contributed by atoms with van der Waals surface area (Å²) >= 11 is 0. The van der Waals surface area contributed by atoms with Gasteiger partial charge in [0.05, 0.1) is 0 Å². The van der Waals surface area contributed by atoms with Crippen LogP contribution in [0.5, 0.6) is 0 Å². The summed E-state index contributed by atoms with van der Waals surface area (Å²) in [5, 5.41) is 0. The van der Waals surface area contributed by atoms with Crippen LogP contribution < -0.4 is 5.73 Å². The second-order valence-corrected chi connectivity index (χ2v) is 3.64. The van der Waals surface area contributed by atoms with E-state index in [2.05, 4.69) is 4.90 Å². The molecule has 0 spiro atoms. The van der Waals surface area contributed by atoms with Crippen molar-refractivity contribution in [1.29, 1.82) is 0 Å². The lowest BCUT2D eigenvalue weighted by molar-refractivity contribution is 0.340. The molecule has 0 radical (unpaired) electrons. The van der Waals surface area contributed by atoms with Crippen LogP contribution in [0.25, 0.3) is 0 Å². The Hall–Kier alpha value is -0.800.